The van der Waals surface area contributed by atoms with Crippen molar-refractivity contribution in [2.45, 2.75) is 19.9 Å². The molecule has 0 unspecified atom stereocenters. The summed E-state index contributed by atoms with van der Waals surface area (Å²) < 4.78 is 5.14. The summed E-state index contributed by atoms with van der Waals surface area (Å²) in [5.41, 5.74) is 1.74. The van der Waals surface area contributed by atoms with E-state index in [1.165, 1.54) is 11.3 Å². The monoisotopic (exact) mass is 399 g/mol. The molecule has 0 atom stereocenters. The summed E-state index contributed by atoms with van der Waals surface area (Å²) in [5, 5.41) is 9.38. The van der Waals surface area contributed by atoms with Crippen LogP contribution < -0.4 is 5.32 Å². The van der Waals surface area contributed by atoms with Gasteiger partial charge in [0.25, 0.3) is 0 Å². The van der Waals surface area contributed by atoms with E-state index in [4.69, 9.17) is 4.52 Å². The molecule has 4 heterocycles. The quantitative estimate of drug-likeness (QED) is 0.703. The fraction of sp³-hybridized carbons (Fsp3) is 0.389. The largest absolute Gasteiger partial charge is 0.339 e. The van der Waals surface area contributed by atoms with E-state index in [0.29, 0.717) is 36.5 Å². The lowest BCUT2D eigenvalue weighted by atomic mass is 10.2. The maximum absolute atomic E-state index is 12.5. The summed E-state index contributed by atoms with van der Waals surface area (Å²) in [7, 11) is 0. The van der Waals surface area contributed by atoms with Crippen molar-refractivity contribution in [3.8, 4) is 11.3 Å². The summed E-state index contributed by atoms with van der Waals surface area (Å²) in [6.07, 6.45) is 4.22. The number of piperazine rings is 1. The number of aryl methyl sites for hydroxylation is 1. The third-order valence-corrected chi connectivity index (χ3v) is 5.27. The molecular weight excluding hydrogens is 378 g/mol. The zero-order valence-electron chi connectivity index (χ0n) is 15.5. The van der Waals surface area contributed by atoms with E-state index in [2.05, 4.69) is 30.3 Å². The van der Waals surface area contributed by atoms with Crippen LogP contribution in [0.15, 0.2) is 34.4 Å². The summed E-state index contributed by atoms with van der Waals surface area (Å²) in [4.78, 5) is 29.5. The zero-order valence-corrected chi connectivity index (χ0v) is 16.4. The van der Waals surface area contributed by atoms with E-state index in [1.807, 2.05) is 24.4 Å². The number of urea groups is 1. The Balaban J connectivity index is 1.28. The molecule has 0 radical (unpaired) electrons. The van der Waals surface area contributed by atoms with Crippen LogP contribution in [-0.4, -0.2) is 62.1 Å². The van der Waals surface area contributed by atoms with Crippen molar-refractivity contribution in [1.29, 1.82) is 0 Å². The molecule has 10 heteroatoms. The number of amides is 2. The molecule has 146 valence electrons. The maximum atomic E-state index is 12.5. The fourth-order valence-corrected chi connectivity index (χ4v) is 3.66. The molecule has 9 nitrogen and oxygen atoms in total. The molecule has 0 spiro atoms. The van der Waals surface area contributed by atoms with Gasteiger partial charge in [-0.05, 0) is 12.1 Å². The highest BCUT2D eigenvalue weighted by molar-refractivity contribution is 7.14. The molecule has 0 saturated carbocycles. The maximum Gasteiger partial charge on any atom is 0.323 e. The van der Waals surface area contributed by atoms with E-state index in [-0.39, 0.29) is 6.03 Å². The average molecular weight is 399 g/mol. The Kier molecular flexibility index (Phi) is 5.58. The lowest BCUT2D eigenvalue weighted by Crippen LogP contribution is -2.49. The van der Waals surface area contributed by atoms with Crippen LogP contribution in [-0.2, 0) is 13.0 Å². The Hall–Kier alpha value is -2.85. The number of pyridine rings is 1. The predicted molar refractivity (Wildman–Crippen MR) is 105 cm³/mol. The lowest BCUT2D eigenvalue weighted by molar-refractivity contribution is 0.140. The van der Waals surface area contributed by atoms with Crippen molar-refractivity contribution >= 4 is 22.5 Å². The predicted octanol–water partition coefficient (Wildman–Crippen LogP) is 2.50. The Morgan fingerprint density at radius 1 is 1.29 bits per heavy atom. The van der Waals surface area contributed by atoms with E-state index in [9.17, 15) is 4.79 Å². The molecule has 1 aliphatic rings. The smallest absolute Gasteiger partial charge is 0.323 e. The minimum atomic E-state index is -0.125. The van der Waals surface area contributed by atoms with E-state index in [0.717, 1.165) is 30.8 Å². The Bertz CT molecular complexity index is 919. The summed E-state index contributed by atoms with van der Waals surface area (Å²) >= 11 is 1.41. The number of nitrogens with one attached hydrogen (secondary N) is 1. The first-order chi connectivity index (χ1) is 13.7. The first-order valence-corrected chi connectivity index (χ1v) is 10.0. The van der Waals surface area contributed by atoms with Crippen molar-refractivity contribution in [2.75, 3.05) is 31.5 Å². The van der Waals surface area contributed by atoms with Gasteiger partial charge in [0.05, 0.1) is 12.2 Å². The van der Waals surface area contributed by atoms with Gasteiger partial charge in [-0.2, -0.15) is 4.98 Å². The molecule has 3 aromatic rings. The van der Waals surface area contributed by atoms with Crippen molar-refractivity contribution in [3.05, 3.63) is 41.6 Å². The Morgan fingerprint density at radius 3 is 2.86 bits per heavy atom. The van der Waals surface area contributed by atoms with Crippen LogP contribution in [0.2, 0.25) is 0 Å². The van der Waals surface area contributed by atoms with E-state index < -0.39 is 0 Å². The number of thiazole rings is 1. The Morgan fingerprint density at radius 2 is 2.14 bits per heavy atom. The molecule has 2 amide bonds. The van der Waals surface area contributed by atoms with Gasteiger partial charge in [-0.3, -0.25) is 15.2 Å². The molecule has 1 N–H and O–H groups in total. The SMILES string of the molecule is CCc1nc(CN2CCN(C(=O)Nc3nc(-c4cccnc4)cs3)CC2)no1. The second-order valence-corrected chi connectivity index (χ2v) is 7.29. The second-order valence-electron chi connectivity index (χ2n) is 6.43. The van der Waals surface area contributed by atoms with Crippen molar-refractivity contribution in [3.63, 3.8) is 0 Å². The Labute approximate surface area is 166 Å². The van der Waals surface area contributed by atoms with Crippen LogP contribution >= 0.6 is 11.3 Å². The topological polar surface area (TPSA) is 100 Å². The zero-order chi connectivity index (χ0) is 19.3. The molecule has 28 heavy (non-hydrogen) atoms. The van der Waals surface area contributed by atoms with Crippen molar-refractivity contribution in [1.82, 2.24) is 29.9 Å². The summed E-state index contributed by atoms with van der Waals surface area (Å²) in [6, 6.07) is 3.68. The number of hydrogen-bond acceptors (Lipinski definition) is 8. The standard InChI is InChI=1S/C18H21N7O2S/c1-2-16-21-15(23-27-16)11-24-6-8-25(9-7-24)18(26)22-17-20-14(12-28-17)13-4-3-5-19-10-13/h3-5,10,12H,2,6-9,11H2,1H3,(H,20,22,26). The molecule has 1 fully saturated rings. The van der Waals surface area contributed by atoms with Gasteiger partial charge in [-0.1, -0.05) is 12.1 Å². The first kappa shape index (κ1) is 18.5. The number of nitrogens with zero attached hydrogens (tertiary/aromatic N) is 6. The van der Waals surface area contributed by atoms with E-state index in [1.54, 1.807) is 17.3 Å². The van der Waals surface area contributed by atoms with Gasteiger partial charge in [0.2, 0.25) is 5.89 Å². The second kappa shape index (κ2) is 8.44. The molecule has 0 bridgehead atoms. The average Bonchev–Trinajstić information content (AvgIpc) is 3.39. The fourth-order valence-electron chi connectivity index (χ4n) is 2.96. The summed E-state index contributed by atoms with van der Waals surface area (Å²) in [5.74, 6) is 1.35. The minimum Gasteiger partial charge on any atom is -0.339 e. The molecule has 3 aromatic heterocycles. The van der Waals surface area contributed by atoms with E-state index >= 15 is 0 Å². The summed E-state index contributed by atoms with van der Waals surface area (Å²) in [6.45, 7) is 5.44. The molecule has 1 saturated heterocycles. The van der Waals surface area contributed by atoms with Crippen LogP contribution in [0, 0.1) is 0 Å². The highest BCUT2D eigenvalue weighted by Gasteiger charge is 2.23. The number of anilines is 1. The minimum absolute atomic E-state index is 0.125. The van der Waals surface area contributed by atoms with Gasteiger partial charge in [0.15, 0.2) is 11.0 Å². The lowest BCUT2D eigenvalue weighted by Gasteiger charge is -2.33. The van der Waals surface area contributed by atoms with Crippen LogP contribution in [0.1, 0.15) is 18.6 Å². The molecule has 0 aliphatic carbocycles. The van der Waals surface area contributed by atoms with Crippen LogP contribution in [0.5, 0.6) is 0 Å². The molecule has 1 aliphatic heterocycles. The molecule has 0 aromatic carbocycles. The van der Waals surface area contributed by atoms with Crippen LogP contribution in [0.25, 0.3) is 11.3 Å². The molecular formula is C18H21N7O2S. The van der Waals surface area contributed by atoms with Crippen LogP contribution in [0.4, 0.5) is 9.93 Å². The number of aromatic nitrogens is 4. The van der Waals surface area contributed by atoms with Gasteiger partial charge in [0.1, 0.15) is 0 Å². The first-order valence-electron chi connectivity index (χ1n) is 9.17. The third kappa shape index (κ3) is 4.34. The van der Waals surface area contributed by atoms with Gasteiger partial charge in [0, 0.05) is 55.9 Å². The van der Waals surface area contributed by atoms with Crippen LogP contribution in [0.3, 0.4) is 0 Å². The number of carbonyl (C=O) groups is 1. The highest BCUT2D eigenvalue weighted by atomic mass is 32.1. The van der Waals surface area contributed by atoms with Gasteiger partial charge >= 0.3 is 6.03 Å². The number of hydrogen-bond donors (Lipinski definition) is 1. The normalized spacial score (nSPS) is 15.0. The van der Waals surface area contributed by atoms with Crippen molar-refractivity contribution in [2.24, 2.45) is 0 Å². The van der Waals surface area contributed by atoms with Gasteiger partial charge in [-0.15, -0.1) is 11.3 Å². The highest BCUT2D eigenvalue weighted by Crippen LogP contribution is 2.24. The molecule has 4 rings (SSSR count). The number of rotatable bonds is 5. The third-order valence-electron chi connectivity index (χ3n) is 4.51. The van der Waals surface area contributed by atoms with Gasteiger partial charge < -0.3 is 9.42 Å². The number of carbonyl (C=O) groups excluding carboxylic acids is 1. The van der Waals surface area contributed by atoms with Crippen molar-refractivity contribution < 1.29 is 9.32 Å². The van der Waals surface area contributed by atoms with Gasteiger partial charge in [-0.25, -0.2) is 9.78 Å².